The van der Waals surface area contributed by atoms with E-state index in [1.54, 1.807) is 17.5 Å². The summed E-state index contributed by atoms with van der Waals surface area (Å²) in [7, 11) is 0. The maximum absolute atomic E-state index is 5.76. The van der Waals surface area contributed by atoms with Gasteiger partial charge in [0.1, 0.15) is 10.6 Å². The van der Waals surface area contributed by atoms with E-state index < -0.39 is 0 Å². The number of hydrogen-bond acceptors (Lipinski definition) is 7. The van der Waals surface area contributed by atoms with Crippen molar-refractivity contribution in [3.63, 3.8) is 0 Å². The molecule has 7 heteroatoms. The van der Waals surface area contributed by atoms with Crippen molar-refractivity contribution in [3.8, 4) is 21.8 Å². The van der Waals surface area contributed by atoms with Gasteiger partial charge in [-0.25, -0.2) is 9.97 Å². The Morgan fingerprint density at radius 3 is 2.44 bits per heavy atom. The lowest BCUT2D eigenvalue weighted by atomic mass is 9.96. The van der Waals surface area contributed by atoms with Crippen molar-refractivity contribution in [3.05, 3.63) is 60.9 Å². The van der Waals surface area contributed by atoms with Crippen molar-refractivity contribution in [2.45, 2.75) is 19.1 Å². The molecule has 0 saturated carbocycles. The fraction of sp³-hybridized carbons (Fsp3) is 0.320. The molecule has 2 fully saturated rings. The van der Waals surface area contributed by atoms with Crippen molar-refractivity contribution >= 4 is 27.4 Å². The fourth-order valence-electron chi connectivity index (χ4n) is 4.55. The molecule has 6 rings (SSSR count). The SMILES string of the molecule is c1ccc(-c2cc3c(N4CCC(C5OCCO5)CC4)nc(-c4cccnc4)nc3s2)cc1. The number of pyridine rings is 1. The lowest BCUT2D eigenvalue weighted by Crippen LogP contribution is -2.38. The quantitative estimate of drug-likeness (QED) is 0.441. The Kier molecular flexibility index (Phi) is 5.30. The highest BCUT2D eigenvalue weighted by Gasteiger charge is 2.31. The number of fused-ring (bicyclic) bond motifs is 1. The second kappa shape index (κ2) is 8.58. The number of hydrogen-bond donors (Lipinski definition) is 0. The summed E-state index contributed by atoms with van der Waals surface area (Å²) in [5, 5.41) is 1.12. The maximum Gasteiger partial charge on any atom is 0.164 e. The summed E-state index contributed by atoms with van der Waals surface area (Å²) in [5.41, 5.74) is 2.14. The van der Waals surface area contributed by atoms with Crippen molar-refractivity contribution in [1.29, 1.82) is 0 Å². The zero-order chi connectivity index (χ0) is 21.3. The van der Waals surface area contributed by atoms with Crippen LogP contribution in [0.15, 0.2) is 60.9 Å². The first kappa shape index (κ1) is 19.8. The number of anilines is 1. The number of piperidine rings is 1. The lowest BCUT2D eigenvalue weighted by Gasteiger charge is -2.34. The topological polar surface area (TPSA) is 60.4 Å². The molecule has 32 heavy (non-hydrogen) atoms. The molecule has 1 aromatic carbocycles. The van der Waals surface area contributed by atoms with Gasteiger partial charge in [-0.05, 0) is 36.6 Å². The molecule has 2 aliphatic rings. The first-order valence-corrected chi connectivity index (χ1v) is 11.9. The third-order valence-electron chi connectivity index (χ3n) is 6.22. The van der Waals surface area contributed by atoms with Crippen molar-refractivity contribution in [2.24, 2.45) is 5.92 Å². The largest absolute Gasteiger partial charge is 0.356 e. The van der Waals surface area contributed by atoms with Crippen LogP contribution in [0.3, 0.4) is 0 Å². The Hall–Kier alpha value is -2.87. The van der Waals surface area contributed by atoms with E-state index in [4.69, 9.17) is 19.4 Å². The monoisotopic (exact) mass is 444 g/mol. The molecule has 3 aromatic heterocycles. The van der Waals surface area contributed by atoms with Crippen LogP contribution in [0, 0.1) is 5.92 Å². The molecule has 6 nitrogen and oxygen atoms in total. The molecule has 0 atom stereocenters. The average Bonchev–Trinajstić information content (AvgIpc) is 3.55. The van der Waals surface area contributed by atoms with Crippen LogP contribution < -0.4 is 4.90 Å². The number of aromatic nitrogens is 3. The van der Waals surface area contributed by atoms with Gasteiger partial charge < -0.3 is 14.4 Å². The van der Waals surface area contributed by atoms with Crippen LogP contribution >= 0.6 is 11.3 Å². The zero-order valence-corrected chi connectivity index (χ0v) is 18.5. The first-order valence-electron chi connectivity index (χ1n) is 11.1. The van der Waals surface area contributed by atoms with E-state index >= 15 is 0 Å². The summed E-state index contributed by atoms with van der Waals surface area (Å²) in [4.78, 5) is 18.9. The smallest absolute Gasteiger partial charge is 0.164 e. The van der Waals surface area contributed by atoms with Gasteiger partial charge in [0.25, 0.3) is 0 Å². The van der Waals surface area contributed by atoms with Gasteiger partial charge in [-0.15, -0.1) is 11.3 Å². The van der Waals surface area contributed by atoms with Gasteiger partial charge in [-0.1, -0.05) is 30.3 Å². The van der Waals surface area contributed by atoms with E-state index in [0.29, 0.717) is 19.1 Å². The highest BCUT2D eigenvalue weighted by molar-refractivity contribution is 7.22. The minimum Gasteiger partial charge on any atom is -0.356 e. The molecule has 2 aliphatic heterocycles. The lowest BCUT2D eigenvalue weighted by molar-refractivity contribution is -0.0889. The minimum absolute atomic E-state index is 0.0423. The van der Waals surface area contributed by atoms with Gasteiger partial charge in [0, 0.05) is 41.8 Å². The second-order valence-corrected chi connectivity index (χ2v) is 9.27. The van der Waals surface area contributed by atoms with Gasteiger partial charge in [-0.3, -0.25) is 4.98 Å². The number of rotatable bonds is 4. The standard InChI is InChI=1S/C25H24N4O2S/c1-2-5-17(6-3-1)21-15-20-23(29-11-8-18(9-12-29)25-30-13-14-31-25)27-22(28-24(20)32-21)19-7-4-10-26-16-19/h1-7,10,15-16,18,25H,8-9,11-14H2. The van der Waals surface area contributed by atoms with Gasteiger partial charge in [0.15, 0.2) is 12.1 Å². The molecular formula is C25H24N4O2S. The summed E-state index contributed by atoms with van der Waals surface area (Å²) in [5.74, 6) is 2.19. The average molecular weight is 445 g/mol. The Bertz CT molecular complexity index is 1200. The molecule has 0 radical (unpaired) electrons. The van der Waals surface area contributed by atoms with Gasteiger partial charge in [0.2, 0.25) is 0 Å². The van der Waals surface area contributed by atoms with Crippen molar-refractivity contribution in [1.82, 2.24) is 15.0 Å². The van der Waals surface area contributed by atoms with Gasteiger partial charge in [0.05, 0.1) is 18.6 Å². The van der Waals surface area contributed by atoms with E-state index in [2.05, 4.69) is 40.2 Å². The number of nitrogens with zero attached hydrogens (tertiary/aromatic N) is 4. The van der Waals surface area contributed by atoms with E-state index in [1.165, 1.54) is 10.4 Å². The third-order valence-corrected chi connectivity index (χ3v) is 7.30. The van der Waals surface area contributed by atoms with Crippen molar-refractivity contribution < 1.29 is 9.47 Å². The predicted octanol–water partition coefficient (Wildman–Crippen LogP) is 5.01. The summed E-state index contributed by atoms with van der Waals surface area (Å²) < 4.78 is 11.5. The van der Waals surface area contributed by atoms with E-state index in [-0.39, 0.29) is 6.29 Å². The molecule has 0 spiro atoms. The van der Waals surface area contributed by atoms with Crippen molar-refractivity contribution in [2.75, 3.05) is 31.2 Å². The molecule has 4 aromatic rings. The predicted molar refractivity (Wildman–Crippen MR) is 127 cm³/mol. The molecule has 0 aliphatic carbocycles. The summed E-state index contributed by atoms with van der Waals surface area (Å²) in [6.45, 7) is 3.29. The number of ether oxygens (including phenoxy) is 2. The highest BCUT2D eigenvalue weighted by atomic mass is 32.1. The first-order chi connectivity index (χ1) is 15.8. The van der Waals surface area contributed by atoms with E-state index in [1.807, 2.05) is 24.4 Å². The maximum atomic E-state index is 5.76. The zero-order valence-electron chi connectivity index (χ0n) is 17.7. The molecule has 0 unspecified atom stereocenters. The fourth-order valence-corrected chi connectivity index (χ4v) is 5.58. The summed E-state index contributed by atoms with van der Waals surface area (Å²) in [6.07, 6.45) is 5.64. The Balaban J connectivity index is 1.39. The Morgan fingerprint density at radius 2 is 1.69 bits per heavy atom. The van der Waals surface area contributed by atoms with Gasteiger partial charge >= 0.3 is 0 Å². The normalized spacial score (nSPS) is 17.9. The third kappa shape index (κ3) is 3.77. The molecule has 5 heterocycles. The van der Waals surface area contributed by atoms with Crippen LogP contribution in [0.5, 0.6) is 0 Å². The Labute approximate surface area is 190 Å². The van der Waals surface area contributed by atoms with Crippen LogP contribution in [0.25, 0.3) is 32.0 Å². The molecule has 2 saturated heterocycles. The molecule has 0 N–H and O–H groups in total. The van der Waals surface area contributed by atoms with Crippen LogP contribution in [0.2, 0.25) is 0 Å². The minimum atomic E-state index is -0.0423. The van der Waals surface area contributed by atoms with E-state index in [0.717, 1.165) is 53.4 Å². The van der Waals surface area contributed by atoms with E-state index in [9.17, 15) is 0 Å². The summed E-state index contributed by atoms with van der Waals surface area (Å²) >= 11 is 1.72. The van der Waals surface area contributed by atoms with Crippen LogP contribution in [0.1, 0.15) is 12.8 Å². The molecule has 162 valence electrons. The second-order valence-electron chi connectivity index (χ2n) is 8.24. The molecule has 0 bridgehead atoms. The number of thiophene rings is 1. The summed E-state index contributed by atoms with van der Waals surface area (Å²) in [6, 6.07) is 16.7. The Morgan fingerprint density at radius 1 is 0.906 bits per heavy atom. The molecule has 0 amide bonds. The molecular weight excluding hydrogens is 420 g/mol. The highest BCUT2D eigenvalue weighted by Crippen LogP contribution is 2.39. The van der Waals surface area contributed by atoms with Gasteiger partial charge in [-0.2, -0.15) is 0 Å². The van der Waals surface area contributed by atoms with Crippen LogP contribution in [-0.4, -0.2) is 47.5 Å². The van der Waals surface area contributed by atoms with Crippen LogP contribution in [-0.2, 0) is 9.47 Å². The number of benzene rings is 1. The van der Waals surface area contributed by atoms with Crippen LogP contribution in [0.4, 0.5) is 5.82 Å².